The number of nitrogens with zero attached hydrogens (tertiary/aromatic N) is 1. The van der Waals surface area contributed by atoms with Crippen molar-refractivity contribution in [2.45, 2.75) is 63.8 Å². The van der Waals surface area contributed by atoms with E-state index in [1.807, 2.05) is 0 Å². The molecule has 0 aromatic heterocycles. The summed E-state index contributed by atoms with van der Waals surface area (Å²) in [7, 11) is 2.28. The maximum atomic E-state index is 5.72. The summed E-state index contributed by atoms with van der Waals surface area (Å²) < 4.78 is 3.04. The molecule has 4 unspecified atom stereocenters. The third-order valence-corrected chi connectivity index (χ3v) is 7.38. The fourth-order valence-electron chi connectivity index (χ4n) is 5.00. The van der Waals surface area contributed by atoms with Gasteiger partial charge in [-0.1, -0.05) is 63.2 Å². The molecule has 0 aromatic rings. The van der Waals surface area contributed by atoms with Gasteiger partial charge >= 0.3 is 0 Å². The van der Waals surface area contributed by atoms with Crippen LogP contribution in [0.2, 0.25) is 0 Å². The Morgan fingerprint density at radius 2 is 2.09 bits per heavy atom. The molecule has 3 fully saturated rings. The number of nitrogens with one attached hydrogen (secondary N) is 1. The van der Waals surface area contributed by atoms with E-state index in [2.05, 4.69) is 42.1 Å². The van der Waals surface area contributed by atoms with Gasteiger partial charge in [-0.3, -0.25) is 0 Å². The molecule has 0 bridgehead atoms. The smallest absolute Gasteiger partial charge is 0.0931 e. The van der Waals surface area contributed by atoms with Gasteiger partial charge in [-0.15, -0.1) is 6.58 Å². The summed E-state index contributed by atoms with van der Waals surface area (Å²) >= 11 is 10.0. The third-order valence-electron chi connectivity index (χ3n) is 6.52. The summed E-state index contributed by atoms with van der Waals surface area (Å²) in [5.74, 6) is 2.58. The number of thiocarbonyl (C=S) groups is 1. The van der Waals surface area contributed by atoms with Crippen molar-refractivity contribution in [1.29, 1.82) is 0 Å². The van der Waals surface area contributed by atoms with Crippen molar-refractivity contribution in [3.05, 3.63) is 12.7 Å². The van der Waals surface area contributed by atoms with Crippen molar-refractivity contribution < 1.29 is 0 Å². The van der Waals surface area contributed by atoms with Crippen molar-refractivity contribution in [2.75, 3.05) is 13.6 Å². The molecule has 2 aliphatic carbocycles. The molecule has 1 saturated heterocycles. The Labute approximate surface area is 153 Å². The molecule has 0 aromatic carbocycles. The van der Waals surface area contributed by atoms with E-state index in [-0.39, 0.29) is 5.41 Å². The van der Waals surface area contributed by atoms with Gasteiger partial charge in [0, 0.05) is 18.0 Å². The van der Waals surface area contributed by atoms with E-state index in [1.54, 1.807) is 0 Å². The predicted octanol–water partition coefficient (Wildman–Crippen LogP) is 4.62. The number of hydrogen-bond donors (Lipinski definition) is 2. The number of thiol groups is 1. The first-order valence-corrected chi connectivity index (χ1v) is 10.2. The molecule has 4 atom stereocenters. The zero-order valence-corrected chi connectivity index (χ0v) is 16.2. The van der Waals surface area contributed by atoms with Crippen LogP contribution in [0.25, 0.3) is 0 Å². The van der Waals surface area contributed by atoms with E-state index < -0.39 is 0 Å². The quantitative estimate of drug-likeness (QED) is 0.273. The number of unbranched alkanes of at least 4 members (excludes halogenated alkanes) is 1. The van der Waals surface area contributed by atoms with Gasteiger partial charge in [0.1, 0.15) is 0 Å². The Hall–Kier alpha value is -0.0600. The van der Waals surface area contributed by atoms with Gasteiger partial charge in [0.05, 0.1) is 4.99 Å². The van der Waals surface area contributed by atoms with Crippen molar-refractivity contribution in [3.63, 3.8) is 0 Å². The summed E-state index contributed by atoms with van der Waals surface area (Å²) in [5, 5.41) is 0. The van der Waals surface area contributed by atoms with Crippen molar-refractivity contribution >= 4 is 30.0 Å². The first-order valence-electron chi connectivity index (χ1n) is 9.37. The molecule has 130 valence electrons. The number of allylic oxidation sites excluding steroid dienone is 1. The highest BCUT2D eigenvalue weighted by molar-refractivity contribution is 7.84. The monoisotopic (exact) mass is 352 g/mol. The Bertz CT molecular complexity index is 449. The Morgan fingerprint density at radius 3 is 2.74 bits per heavy atom. The van der Waals surface area contributed by atoms with Gasteiger partial charge in [0.15, 0.2) is 0 Å². The first-order chi connectivity index (χ1) is 11.1. The topological polar surface area (TPSA) is 15.3 Å². The molecule has 3 aliphatic rings. The first kappa shape index (κ1) is 17.8. The molecule has 3 rings (SSSR count). The van der Waals surface area contributed by atoms with Crippen molar-refractivity contribution in [1.82, 2.24) is 9.62 Å². The lowest BCUT2D eigenvalue weighted by Crippen LogP contribution is -2.42. The summed E-state index contributed by atoms with van der Waals surface area (Å²) in [4.78, 5) is 3.54. The Kier molecular flexibility index (Phi) is 5.75. The Balaban J connectivity index is 1.57. The van der Waals surface area contributed by atoms with Crippen LogP contribution in [0.4, 0.5) is 0 Å². The van der Waals surface area contributed by atoms with Crippen LogP contribution in [0.1, 0.15) is 57.8 Å². The number of rotatable bonds is 9. The van der Waals surface area contributed by atoms with Gasteiger partial charge in [-0.25, -0.2) is 0 Å². The zero-order valence-electron chi connectivity index (χ0n) is 14.5. The fraction of sp³-hybridized carbons (Fsp3) is 0.842. The van der Waals surface area contributed by atoms with Gasteiger partial charge in [0.25, 0.3) is 0 Å². The maximum Gasteiger partial charge on any atom is 0.0931 e. The van der Waals surface area contributed by atoms with Crippen LogP contribution in [0.15, 0.2) is 12.7 Å². The highest BCUT2D eigenvalue weighted by Crippen LogP contribution is 2.61. The molecule has 1 aliphatic heterocycles. The van der Waals surface area contributed by atoms with E-state index in [0.717, 1.165) is 29.2 Å². The molecular weight excluding hydrogens is 320 g/mol. The van der Waals surface area contributed by atoms with Gasteiger partial charge in [-0.05, 0) is 50.5 Å². The van der Waals surface area contributed by atoms with Crippen LogP contribution in [0, 0.1) is 23.2 Å². The molecule has 1 N–H and O–H groups in total. The van der Waals surface area contributed by atoms with E-state index >= 15 is 0 Å². The largest absolute Gasteiger partial charge is 0.326 e. The second kappa shape index (κ2) is 7.45. The lowest BCUT2D eigenvalue weighted by atomic mass is 9.87. The van der Waals surface area contributed by atoms with E-state index in [1.165, 1.54) is 57.9 Å². The second-order valence-electron chi connectivity index (χ2n) is 8.19. The van der Waals surface area contributed by atoms with Gasteiger partial charge < -0.3 is 9.62 Å². The summed E-state index contributed by atoms with van der Waals surface area (Å²) in [6.45, 7) is 5.10. The number of likely N-dealkylation sites (tertiary alicyclic amines) is 1. The molecule has 0 amide bonds. The average molecular weight is 353 g/mol. The summed E-state index contributed by atoms with van der Waals surface area (Å²) in [6, 6.07) is 0.591. The maximum absolute atomic E-state index is 5.72. The van der Waals surface area contributed by atoms with Crippen molar-refractivity contribution in [3.8, 4) is 0 Å². The predicted molar refractivity (Wildman–Crippen MR) is 106 cm³/mol. The highest BCUT2D eigenvalue weighted by atomic mass is 32.1. The minimum atomic E-state index is 0.196. The average Bonchev–Trinajstić information content (AvgIpc) is 3.44. The molecular formula is C19H32N2S2. The van der Waals surface area contributed by atoms with Gasteiger partial charge in [-0.2, -0.15) is 0 Å². The van der Waals surface area contributed by atoms with E-state index in [9.17, 15) is 0 Å². The van der Waals surface area contributed by atoms with Crippen molar-refractivity contribution in [2.24, 2.45) is 23.2 Å². The van der Waals surface area contributed by atoms with Crippen LogP contribution < -0.4 is 4.72 Å². The molecule has 1 heterocycles. The van der Waals surface area contributed by atoms with Crippen LogP contribution >= 0.6 is 25.0 Å². The van der Waals surface area contributed by atoms with Gasteiger partial charge in [0.2, 0.25) is 0 Å². The van der Waals surface area contributed by atoms with E-state index in [0.29, 0.717) is 6.04 Å². The Morgan fingerprint density at radius 1 is 1.35 bits per heavy atom. The molecule has 2 saturated carbocycles. The molecule has 0 radical (unpaired) electrons. The third kappa shape index (κ3) is 3.80. The second-order valence-corrected chi connectivity index (χ2v) is 8.82. The van der Waals surface area contributed by atoms with Crippen LogP contribution in [-0.4, -0.2) is 29.5 Å². The minimum Gasteiger partial charge on any atom is -0.326 e. The van der Waals surface area contributed by atoms with Crippen LogP contribution in [0.3, 0.4) is 0 Å². The fourth-order valence-corrected chi connectivity index (χ4v) is 5.59. The molecule has 23 heavy (non-hydrogen) atoms. The molecule has 2 nitrogen and oxygen atoms in total. The summed E-state index contributed by atoms with van der Waals surface area (Å²) in [6.07, 6.45) is 14.3. The van der Waals surface area contributed by atoms with E-state index in [4.69, 9.17) is 12.2 Å². The SMILES string of the molecule is C=CCC1CC(C2(C(=S)NS)CC2CCCCC2CC2)N(C)C1. The van der Waals surface area contributed by atoms with Crippen LogP contribution in [-0.2, 0) is 0 Å². The lowest BCUT2D eigenvalue weighted by Gasteiger charge is -2.31. The van der Waals surface area contributed by atoms with Crippen LogP contribution in [0.5, 0.6) is 0 Å². The highest BCUT2D eigenvalue weighted by Gasteiger charge is 2.63. The molecule has 0 spiro atoms. The summed E-state index contributed by atoms with van der Waals surface area (Å²) in [5.41, 5.74) is 0.196. The number of hydrogen-bond acceptors (Lipinski definition) is 3. The lowest BCUT2D eigenvalue weighted by molar-refractivity contribution is 0.239. The standard InChI is InChI=1S/C19H32N2S2/c1-3-6-15-11-17(21(2)13-15)19(18(22)20-23)12-16(19)8-5-4-7-14-9-10-14/h3,14-17,23H,1,4-13H2,2H3,(H,20,22). The minimum absolute atomic E-state index is 0.196. The molecule has 4 heteroatoms. The normalized spacial score (nSPS) is 36.9. The zero-order chi connectivity index (χ0) is 16.4.